The molecule has 0 unspecified atom stereocenters. The molecular formula is C11H22N4O. The third-order valence-corrected chi connectivity index (χ3v) is 2.93. The van der Waals surface area contributed by atoms with E-state index < -0.39 is 5.91 Å². The van der Waals surface area contributed by atoms with Crippen LogP contribution in [0.5, 0.6) is 0 Å². The van der Waals surface area contributed by atoms with Crippen molar-refractivity contribution in [2.45, 2.75) is 39.0 Å². The number of carbonyl (C=O) groups is 1. The topological polar surface area (TPSA) is 65.2 Å². The minimum atomic E-state index is -0.725. The fourth-order valence-corrected chi connectivity index (χ4v) is 1.83. The first-order valence-electron chi connectivity index (χ1n) is 5.76. The second-order valence-corrected chi connectivity index (χ2v) is 4.04. The van der Waals surface area contributed by atoms with Gasteiger partial charge in [-0.1, -0.05) is 13.3 Å². The van der Waals surface area contributed by atoms with Crippen molar-refractivity contribution in [1.29, 1.82) is 0 Å². The summed E-state index contributed by atoms with van der Waals surface area (Å²) in [5, 5.41) is 12.2. The van der Waals surface area contributed by atoms with Gasteiger partial charge in [0.1, 0.15) is 0 Å². The molecule has 0 atom stereocenters. The van der Waals surface area contributed by atoms with E-state index in [9.17, 15) is 4.79 Å². The number of allylic oxidation sites excluding steroid dienone is 1. The molecule has 16 heavy (non-hydrogen) atoms. The van der Waals surface area contributed by atoms with Crippen molar-refractivity contribution in [3.8, 4) is 0 Å². The second kappa shape index (κ2) is 5.32. The lowest BCUT2D eigenvalue weighted by Crippen LogP contribution is -2.75. The first-order valence-corrected chi connectivity index (χ1v) is 5.76. The molecule has 1 amide bonds. The molecule has 1 heterocycles. The standard InChI is InChI=1S/C11H22N4O/c1-5-6-7-9-8(2)14-11(12-3,13-4)15-10(9)16/h12-14H,5-7H2,1-4H3,(H,15,16). The summed E-state index contributed by atoms with van der Waals surface area (Å²) in [6.45, 7) is 4.06. The predicted octanol–water partition coefficient (Wildman–Crippen LogP) is 0.220. The Morgan fingerprint density at radius 3 is 2.31 bits per heavy atom. The van der Waals surface area contributed by atoms with Crippen LogP contribution in [0.25, 0.3) is 0 Å². The molecule has 0 saturated carbocycles. The fourth-order valence-electron chi connectivity index (χ4n) is 1.83. The van der Waals surface area contributed by atoms with Crippen molar-refractivity contribution < 1.29 is 4.79 Å². The molecule has 1 aliphatic rings. The van der Waals surface area contributed by atoms with Crippen LogP contribution >= 0.6 is 0 Å². The highest BCUT2D eigenvalue weighted by Crippen LogP contribution is 2.16. The molecule has 0 bridgehead atoms. The molecule has 1 aliphatic heterocycles. The van der Waals surface area contributed by atoms with E-state index in [2.05, 4.69) is 28.2 Å². The van der Waals surface area contributed by atoms with Crippen molar-refractivity contribution in [2.24, 2.45) is 0 Å². The Bertz CT molecular complexity index is 294. The molecule has 0 radical (unpaired) electrons. The van der Waals surface area contributed by atoms with Gasteiger partial charge in [-0.05, 0) is 33.9 Å². The van der Waals surface area contributed by atoms with Gasteiger partial charge in [-0.3, -0.25) is 15.4 Å². The summed E-state index contributed by atoms with van der Waals surface area (Å²) >= 11 is 0. The summed E-state index contributed by atoms with van der Waals surface area (Å²) in [6, 6.07) is 0. The number of rotatable bonds is 5. The maximum atomic E-state index is 12.0. The number of hydrogen-bond donors (Lipinski definition) is 4. The largest absolute Gasteiger partial charge is 0.341 e. The highest BCUT2D eigenvalue weighted by molar-refractivity contribution is 5.95. The SMILES string of the molecule is CCCCC1=C(C)NC(NC)(NC)NC1=O. The van der Waals surface area contributed by atoms with E-state index in [4.69, 9.17) is 0 Å². The molecule has 92 valence electrons. The van der Waals surface area contributed by atoms with E-state index in [-0.39, 0.29) is 5.91 Å². The van der Waals surface area contributed by atoms with Crippen molar-refractivity contribution in [2.75, 3.05) is 14.1 Å². The molecule has 0 aromatic heterocycles. The van der Waals surface area contributed by atoms with Crippen LogP contribution in [0, 0.1) is 0 Å². The van der Waals surface area contributed by atoms with Crippen LogP contribution in [0.2, 0.25) is 0 Å². The van der Waals surface area contributed by atoms with E-state index in [0.29, 0.717) is 0 Å². The maximum Gasteiger partial charge on any atom is 0.252 e. The lowest BCUT2D eigenvalue weighted by molar-refractivity contribution is -0.121. The van der Waals surface area contributed by atoms with E-state index in [1.165, 1.54) is 0 Å². The van der Waals surface area contributed by atoms with E-state index in [1.807, 2.05) is 6.92 Å². The first kappa shape index (κ1) is 13.0. The molecule has 0 fully saturated rings. The number of carbonyl (C=O) groups excluding carboxylic acids is 1. The van der Waals surface area contributed by atoms with Gasteiger partial charge in [-0.15, -0.1) is 0 Å². The minimum Gasteiger partial charge on any atom is -0.341 e. The van der Waals surface area contributed by atoms with Gasteiger partial charge in [0.15, 0.2) is 0 Å². The van der Waals surface area contributed by atoms with Crippen molar-refractivity contribution in [3.05, 3.63) is 11.3 Å². The molecule has 1 rings (SSSR count). The van der Waals surface area contributed by atoms with Gasteiger partial charge in [0.2, 0.25) is 5.91 Å². The van der Waals surface area contributed by atoms with Crippen LogP contribution in [0.4, 0.5) is 0 Å². The summed E-state index contributed by atoms with van der Waals surface area (Å²) < 4.78 is 0. The molecule has 5 nitrogen and oxygen atoms in total. The Labute approximate surface area is 97.1 Å². The Morgan fingerprint density at radius 2 is 1.88 bits per heavy atom. The van der Waals surface area contributed by atoms with Crippen LogP contribution in [0.1, 0.15) is 33.1 Å². The van der Waals surface area contributed by atoms with Gasteiger partial charge in [0, 0.05) is 11.3 Å². The van der Waals surface area contributed by atoms with Gasteiger partial charge in [0.25, 0.3) is 5.91 Å². The molecule has 0 aromatic carbocycles. The number of amides is 1. The first-order chi connectivity index (χ1) is 7.58. The lowest BCUT2D eigenvalue weighted by Gasteiger charge is -2.40. The molecule has 0 aliphatic carbocycles. The van der Waals surface area contributed by atoms with Crippen molar-refractivity contribution in [1.82, 2.24) is 21.3 Å². The minimum absolute atomic E-state index is 0.00611. The van der Waals surface area contributed by atoms with Crippen LogP contribution in [-0.2, 0) is 4.79 Å². The average Bonchev–Trinajstić information content (AvgIpc) is 2.28. The highest BCUT2D eigenvalue weighted by atomic mass is 16.2. The summed E-state index contributed by atoms with van der Waals surface area (Å²) in [7, 11) is 3.57. The second-order valence-electron chi connectivity index (χ2n) is 4.04. The summed E-state index contributed by atoms with van der Waals surface area (Å²) in [6.07, 6.45) is 2.95. The Kier molecular flexibility index (Phi) is 4.32. The zero-order valence-corrected chi connectivity index (χ0v) is 10.5. The van der Waals surface area contributed by atoms with Gasteiger partial charge in [-0.2, -0.15) is 0 Å². The van der Waals surface area contributed by atoms with E-state index in [0.717, 1.165) is 30.5 Å². The molecule has 5 heteroatoms. The summed E-state index contributed by atoms with van der Waals surface area (Å²) in [5.41, 5.74) is 1.78. The zero-order valence-electron chi connectivity index (χ0n) is 10.5. The van der Waals surface area contributed by atoms with Gasteiger partial charge in [-0.25, -0.2) is 0 Å². The Balaban J connectivity index is 2.84. The molecule has 4 N–H and O–H groups in total. The Hall–Kier alpha value is -1.07. The van der Waals surface area contributed by atoms with E-state index in [1.54, 1.807) is 14.1 Å². The monoisotopic (exact) mass is 226 g/mol. The van der Waals surface area contributed by atoms with Gasteiger partial charge < -0.3 is 10.6 Å². The van der Waals surface area contributed by atoms with Gasteiger partial charge >= 0.3 is 0 Å². The van der Waals surface area contributed by atoms with Crippen LogP contribution in [-0.4, -0.2) is 25.9 Å². The molecule has 0 saturated heterocycles. The number of hydrogen-bond acceptors (Lipinski definition) is 4. The average molecular weight is 226 g/mol. The van der Waals surface area contributed by atoms with Crippen molar-refractivity contribution >= 4 is 5.91 Å². The predicted molar refractivity (Wildman–Crippen MR) is 64.4 cm³/mol. The van der Waals surface area contributed by atoms with Crippen LogP contribution in [0.15, 0.2) is 11.3 Å². The van der Waals surface area contributed by atoms with Crippen LogP contribution < -0.4 is 21.3 Å². The normalized spacial score (nSPS) is 19.4. The summed E-state index contributed by atoms with van der Waals surface area (Å²) in [5.74, 6) is -0.731. The van der Waals surface area contributed by atoms with Gasteiger partial charge in [0.05, 0.1) is 0 Å². The molecular weight excluding hydrogens is 204 g/mol. The van der Waals surface area contributed by atoms with Crippen LogP contribution in [0.3, 0.4) is 0 Å². The summed E-state index contributed by atoms with van der Waals surface area (Å²) in [4.78, 5) is 12.0. The lowest BCUT2D eigenvalue weighted by atomic mass is 10.0. The smallest absolute Gasteiger partial charge is 0.252 e. The molecule has 0 aromatic rings. The quantitative estimate of drug-likeness (QED) is 0.506. The molecule has 0 spiro atoms. The van der Waals surface area contributed by atoms with Crippen molar-refractivity contribution in [3.63, 3.8) is 0 Å². The third-order valence-electron chi connectivity index (χ3n) is 2.93. The number of unbranched alkanes of at least 4 members (excludes halogenated alkanes) is 1. The third kappa shape index (κ3) is 2.54. The zero-order chi connectivity index (χ0) is 12.2. The number of nitrogens with one attached hydrogen (secondary N) is 4. The fraction of sp³-hybridized carbons (Fsp3) is 0.727. The Morgan fingerprint density at radius 1 is 1.25 bits per heavy atom. The van der Waals surface area contributed by atoms with E-state index >= 15 is 0 Å². The maximum absolute atomic E-state index is 12.0. The highest BCUT2D eigenvalue weighted by Gasteiger charge is 2.34.